The van der Waals surface area contributed by atoms with Crippen LogP contribution in [0.3, 0.4) is 0 Å². The number of nitrogens with zero attached hydrogens (tertiary/aromatic N) is 3. The lowest BCUT2D eigenvalue weighted by Gasteiger charge is -2.13. The van der Waals surface area contributed by atoms with Gasteiger partial charge in [0.25, 0.3) is 5.91 Å². The Morgan fingerprint density at radius 3 is 2.73 bits per heavy atom. The fourth-order valence-corrected chi connectivity index (χ4v) is 3.54. The van der Waals surface area contributed by atoms with Gasteiger partial charge in [0, 0.05) is 30.9 Å². The molecule has 6 heteroatoms. The zero-order valence-corrected chi connectivity index (χ0v) is 16.9. The number of hydrogen-bond donors (Lipinski definition) is 1. The Kier molecular flexibility index (Phi) is 6.03. The highest BCUT2D eigenvalue weighted by molar-refractivity contribution is 5.93. The van der Waals surface area contributed by atoms with Gasteiger partial charge in [0.1, 0.15) is 11.6 Å². The quantitative estimate of drug-likeness (QED) is 0.456. The molecule has 1 N–H and O–H groups in total. The second kappa shape index (κ2) is 9.22. The highest BCUT2D eigenvalue weighted by Gasteiger charge is 2.13. The fraction of sp³-hybridized carbons (Fsp3) is 0.208. The molecule has 0 fully saturated rings. The topological polar surface area (TPSA) is 69.0 Å². The summed E-state index contributed by atoms with van der Waals surface area (Å²) < 4.78 is 7.76. The van der Waals surface area contributed by atoms with Crippen molar-refractivity contribution in [2.75, 3.05) is 13.7 Å². The molecule has 0 atom stereocenters. The van der Waals surface area contributed by atoms with Crippen molar-refractivity contribution in [3.8, 4) is 5.75 Å². The summed E-state index contributed by atoms with van der Waals surface area (Å²) in [7, 11) is 1.69. The van der Waals surface area contributed by atoms with Crippen LogP contribution in [0.15, 0.2) is 73.1 Å². The van der Waals surface area contributed by atoms with Crippen molar-refractivity contribution in [1.82, 2.24) is 19.9 Å². The van der Waals surface area contributed by atoms with E-state index >= 15 is 0 Å². The van der Waals surface area contributed by atoms with Crippen molar-refractivity contribution in [2.24, 2.45) is 0 Å². The standard InChI is InChI=1S/C24H24N4O2/c1-30-22-12-5-2-8-19(22)17-28-21-11-4-3-10-20(21)27-23(28)13-7-15-26-24(29)18-9-6-14-25-16-18/h2-6,8-12,14,16H,7,13,15,17H2,1H3,(H,26,29). The summed E-state index contributed by atoms with van der Waals surface area (Å²) in [6.45, 7) is 1.26. The Hall–Kier alpha value is -3.67. The van der Waals surface area contributed by atoms with Gasteiger partial charge in [0.15, 0.2) is 0 Å². The van der Waals surface area contributed by atoms with E-state index in [1.807, 2.05) is 36.4 Å². The molecular weight excluding hydrogens is 376 g/mol. The van der Waals surface area contributed by atoms with E-state index in [2.05, 4.69) is 27.0 Å². The number of methoxy groups -OCH3 is 1. The number of nitrogens with one attached hydrogen (secondary N) is 1. The summed E-state index contributed by atoms with van der Waals surface area (Å²) in [6, 6.07) is 19.7. The van der Waals surface area contributed by atoms with E-state index in [4.69, 9.17) is 9.72 Å². The minimum Gasteiger partial charge on any atom is -0.496 e. The number of fused-ring (bicyclic) bond motifs is 1. The Bertz CT molecular complexity index is 1140. The van der Waals surface area contributed by atoms with Gasteiger partial charge in [0.2, 0.25) is 0 Å². The van der Waals surface area contributed by atoms with Crippen LogP contribution in [0, 0.1) is 0 Å². The number of benzene rings is 2. The molecule has 0 saturated carbocycles. The average molecular weight is 400 g/mol. The van der Waals surface area contributed by atoms with Crippen LogP contribution in [0.5, 0.6) is 5.75 Å². The second-order valence-electron chi connectivity index (χ2n) is 7.02. The molecule has 0 unspecified atom stereocenters. The molecule has 0 spiro atoms. The van der Waals surface area contributed by atoms with E-state index in [0.29, 0.717) is 18.7 Å². The third kappa shape index (κ3) is 4.33. The number of aryl methyl sites for hydroxylation is 1. The number of pyridine rings is 1. The highest BCUT2D eigenvalue weighted by atomic mass is 16.5. The fourth-order valence-electron chi connectivity index (χ4n) is 3.54. The molecule has 0 aliphatic rings. The van der Waals surface area contributed by atoms with Gasteiger partial charge in [-0.2, -0.15) is 0 Å². The number of para-hydroxylation sites is 3. The van der Waals surface area contributed by atoms with Crippen LogP contribution >= 0.6 is 0 Å². The molecule has 0 saturated heterocycles. The first-order valence-corrected chi connectivity index (χ1v) is 10.0. The largest absolute Gasteiger partial charge is 0.496 e. The average Bonchev–Trinajstić information content (AvgIpc) is 3.15. The molecule has 2 aromatic carbocycles. The van der Waals surface area contributed by atoms with Crippen LogP contribution in [0.1, 0.15) is 28.2 Å². The number of imidazole rings is 1. The number of amides is 1. The highest BCUT2D eigenvalue weighted by Crippen LogP contribution is 2.23. The minimum absolute atomic E-state index is 0.106. The van der Waals surface area contributed by atoms with Crippen LogP contribution in [-0.4, -0.2) is 34.1 Å². The zero-order valence-electron chi connectivity index (χ0n) is 16.9. The number of hydrogen-bond acceptors (Lipinski definition) is 4. The summed E-state index contributed by atoms with van der Waals surface area (Å²) in [5.41, 5.74) is 3.75. The van der Waals surface area contributed by atoms with Crippen LogP contribution in [0.4, 0.5) is 0 Å². The Labute approximate surface area is 175 Å². The molecular formula is C24H24N4O2. The van der Waals surface area contributed by atoms with Gasteiger partial charge < -0.3 is 14.6 Å². The third-order valence-corrected chi connectivity index (χ3v) is 5.04. The van der Waals surface area contributed by atoms with E-state index in [-0.39, 0.29) is 5.91 Å². The van der Waals surface area contributed by atoms with Gasteiger partial charge in [-0.05, 0) is 36.8 Å². The Morgan fingerprint density at radius 1 is 1.07 bits per heavy atom. The van der Waals surface area contributed by atoms with Gasteiger partial charge in [-0.1, -0.05) is 30.3 Å². The summed E-state index contributed by atoms with van der Waals surface area (Å²) in [4.78, 5) is 21.0. The number of ether oxygens (including phenoxy) is 1. The first-order valence-electron chi connectivity index (χ1n) is 10.0. The van der Waals surface area contributed by atoms with Crippen molar-refractivity contribution in [3.63, 3.8) is 0 Å². The molecule has 2 aromatic heterocycles. The van der Waals surface area contributed by atoms with Crippen LogP contribution in [0.25, 0.3) is 11.0 Å². The number of aromatic nitrogens is 3. The minimum atomic E-state index is -0.106. The van der Waals surface area contributed by atoms with E-state index in [9.17, 15) is 4.79 Å². The van der Waals surface area contributed by atoms with Crippen molar-refractivity contribution in [3.05, 3.63) is 90.0 Å². The zero-order chi connectivity index (χ0) is 20.8. The molecule has 1 amide bonds. The Morgan fingerprint density at radius 2 is 1.90 bits per heavy atom. The molecule has 152 valence electrons. The van der Waals surface area contributed by atoms with Gasteiger partial charge in [-0.3, -0.25) is 9.78 Å². The predicted molar refractivity (Wildman–Crippen MR) is 117 cm³/mol. The molecule has 4 rings (SSSR count). The maximum atomic E-state index is 12.2. The maximum absolute atomic E-state index is 12.2. The monoisotopic (exact) mass is 400 g/mol. The van der Waals surface area contributed by atoms with Gasteiger partial charge >= 0.3 is 0 Å². The lowest BCUT2D eigenvalue weighted by molar-refractivity contribution is 0.0953. The summed E-state index contributed by atoms with van der Waals surface area (Å²) in [5, 5.41) is 2.95. The van der Waals surface area contributed by atoms with Gasteiger partial charge in [-0.25, -0.2) is 4.98 Å². The van der Waals surface area contributed by atoms with E-state index < -0.39 is 0 Å². The van der Waals surface area contributed by atoms with Gasteiger partial charge in [-0.15, -0.1) is 0 Å². The number of carbonyl (C=O) groups is 1. The molecule has 0 bridgehead atoms. The van der Waals surface area contributed by atoms with Crippen LogP contribution < -0.4 is 10.1 Å². The first kappa shape index (κ1) is 19.6. The lowest BCUT2D eigenvalue weighted by atomic mass is 10.2. The van der Waals surface area contributed by atoms with E-state index in [1.165, 1.54) is 0 Å². The van der Waals surface area contributed by atoms with Gasteiger partial charge in [0.05, 0.1) is 30.3 Å². The molecule has 0 aliphatic carbocycles. The third-order valence-electron chi connectivity index (χ3n) is 5.04. The van der Waals surface area contributed by atoms with Crippen LogP contribution in [-0.2, 0) is 13.0 Å². The summed E-state index contributed by atoms with van der Waals surface area (Å²) in [5.74, 6) is 1.76. The van der Waals surface area contributed by atoms with E-state index in [1.54, 1.807) is 31.6 Å². The lowest BCUT2D eigenvalue weighted by Crippen LogP contribution is -2.25. The van der Waals surface area contributed by atoms with E-state index in [0.717, 1.165) is 41.0 Å². The normalized spacial score (nSPS) is 10.8. The predicted octanol–water partition coefficient (Wildman–Crippen LogP) is 3.85. The maximum Gasteiger partial charge on any atom is 0.252 e. The van der Waals surface area contributed by atoms with Crippen molar-refractivity contribution in [2.45, 2.75) is 19.4 Å². The number of rotatable bonds is 8. The first-order chi connectivity index (χ1) is 14.8. The Balaban J connectivity index is 1.48. The van der Waals surface area contributed by atoms with Crippen LogP contribution in [0.2, 0.25) is 0 Å². The molecule has 30 heavy (non-hydrogen) atoms. The molecule has 2 heterocycles. The SMILES string of the molecule is COc1ccccc1Cn1c(CCCNC(=O)c2cccnc2)nc2ccccc21. The molecule has 0 radical (unpaired) electrons. The van der Waals surface area contributed by atoms with Crippen molar-refractivity contribution >= 4 is 16.9 Å². The summed E-state index contributed by atoms with van der Waals surface area (Å²) in [6.07, 6.45) is 4.78. The molecule has 6 nitrogen and oxygen atoms in total. The van der Waals surface area contributed by atoms with Crippen molar-refractivity contribution < 1.29 is 9.53 Å². The van der Waals surface area contributed by atoms with Crippen molar-refractivity contribution in [1.29, 1.82) is 0 Å². The number of carbonyl (C=O) groups excluding carboxylic acids is 1. The molecule has 4 aromatic rings. The smallest absolute Gasteiger partial charge is 0.252 e. The molecule has 0 aliphatic heterocycles. The second-order valence-corrected chi connectivity index (χ2v) is 7.02. The summed E-state index contributed by atoms with van der Waals surface area (Å²) >= 11 is 0.